The van der Waals surface area contributed by atoms with Gasteiger partial charge in [0, 0.05) is 4.47 Å². The van der Waals surface area contributed by atoms with Gasteiger partial charge in [0.1, 0.15) is 5.92 Å². The van der Waals surface area contributed by atoms with Crippen LogP contribution in [-0.2, 0) is 4.79 Å². The minimum Gasteiger partial charge on any atom is -0.348 e. The van der Waals surface area contributed by atoms with E-state index in [1.54, 1.807) is 0 Å². The molecule has 0 spiro atoms. The standard InChI is InChI=1S/C13H15BrN2O/c1-3-10(8-15)13(17)16-9(2)11-4-6-12(14)7-5-11/h4-7,9-10H,3H2,1-2H3,(H,16,17)/t9-,10?/m0/s1. The fraction of sp³-hybridized carbons (Fsp3) is 0.385. The molecule has 17 heavy (non-hydrogen) atoms. The number of nitrogens with one attached hydrogen (secondary N) is 1. The Morgan fingerprint density at radius 3 is 2.53 bits per heavy atom. The lowest BCUT2D eigenvalue weighted by Crippen LogP contribution is -2.31. The van der Waals surface area contributed by atoms with Crippen molar-refractivity contribution in [3.8, 4) is 6.07 Å². The van der Waals surface area contributed by atoms with Gasteiger partial charge in [0.2, 0.25) is 5.91 Å². The van der Waals surface area contributed by atoms with Crippen LogP contribution in [0.15, 0.2) is 28.7 Å². The zero-order chi connectivity index (χ0) is 12.8. The summed E-state index contributed by atoms with van der Waals surface area (Å²) in [5, 5.41) is 11.6. The van der Waals surface area contributed by atoms with Crippen LogP contribution in [0.3, 0.4) is 0 Å². The van der Waals surface area contributed by atoms with Crippen molar-refractivity contribution in [1.82, 2.24) is 5.32 Å². The maximum atomic E-state index is 11.7. The molecule has 3 nitrogen and oxygen atoms in total. The number of rotatable bonds is 4. The smallest absolute Gasteiger partial charge is 0.237 e. The molecule has 0 aliphatic heterocycles. The minimum atomic E-state index is -0.562. The van der Waals surface area contributed by atoms with Crippen LogP contribution in [0.1, 0.15) is 31.9 Å². The molecule has 0 heterocycles. The molecule has 0 aromatic heterocycles. The molecule has 1 aromatic rings. The predicted octanol–water partition coefficient (Wildman–Crippen LogP) is 3.18. The fourth-order valence-electron chi connectivity index (χ4n) is 1.48. The molecule has 2 atom stereocenters. The van der Waals surface area contributed by atoms with Gasteiger partial charge in [-0.15, -0.1) is 0 Å². The predicted molar refractivity (Wildman–Crippen MR) is 70.1 cm³/mol. The fourth-order valence-corrected chi connectivity index (χ4v) is 1.75. The van der Waals surface area contributed by atoms with Gasteiger partial charge in [-0.3, -0.25) is 4.79 Å². The first-order valence-corrected chi connectivity index (χ1v) is 6.33. The van der Waals surface area contributed by atoms with E-state index in [9.17, 15) is 4.79 Å². The Kier molecular flexibility index (Phi) is 5.17. The zero-order valence-electron chi connectivity index (χ0n) is 9.90. The van der Waals surface area contributed by atoms with Crippen LogP contribution < -0.4 is 5.32 Å². The van der Waals surface area contributed by atoms with Crippen LogP contribution in [0.25, 0.3) is 0 Å². The third-order valence-electron chi connectivity index (χ3n) is 2.61. The summed E-state index contributed by atoms with van der Waals surface area (Å²) in [7, 11) is 0. The number of hydrogen-bond donors (Lipinski definition) is 1. The Morgan fingerprint density at radius 2 is 2.06 bits per heavy atom. The average molecular weight is 295 g/mol. The zero-order valence-corrected chi connectivity index (χ0v) is 11.5. The number of carbonyl (C=O) groups is 1. The van der Waals surface area contributed by atoms with Crippen molar-refractivity contribution in [2.24, 2.45) is 5.92 Å². The number of halogens is 1. The van der Waals surface area contributed by atoms with E-state index < -0.39 is 5.92 Å². The molecule has 0 bridgehead atoms. The highest BCUT2D eigenvalue weighted by Gasteiger charge is 2.17. The van der Waals surface area contributed by atoms with Gasteiger partial charge in [0.25, 0.3) is 0 Å². The van der Waals surface area contributed by atoms with Gasteiger partial charge < -0.3 is 5.32 Å². The van der Waals surface area contributed by atoms with Crippen molar-refractivity contribution in [3.63, 3.8) is 0 Å². The summed E-state index contributed by atoms with van der Waals surface area (Å²) in [6, 6.07) is 9.67. The van der Waals surface area contributed by atoms with Crippen LogP contribution >= 0.6 is 15.9 Å². The molecule has 0 saturated carbocycles. The molecule has 0 radical (unpaired) electrons. The van der Waals surface area contributed by atoms with Crippen LogP contribution in [0, 0.1) is 17.2 Å². The number of carbonyl (C=O) groups excluding carboxylic acids is 1. The van der Waals surface area contributed by atoms with Gasteiger partial charge in [0.15, 0.2) is 0 Å². The molecule has 1 rings (SSSR count). The second-order valence-electron chi connectivity index (χ2n) is 3.87. The Bertz CT molecular complexity index is 422. The normalized spacial score (nSPS) is 13.5. The van der Waals surface area contributed by atoms with E-state index in [4.69, 9.17) is 5.26 Å². The molecular weight excluding hydrogens is 280 g/mol. The summed E-state index contributed by atoms with van der Waals surface area (Å²) >= 11 is 3.36. The van der Waals surface area contributed by atoms with Crippen molar-refractivity contribution in [2.75, 3.05) is 0 Å². The highest BCUT2D eigenvalue weighted by atomic mass is 79.9. The van der Waals surface area contributed by atoms with Crippen molar-refractivity contribution in [3.05, 3.63) is 34.3 Å². The first-order valence-electron chi connectivity index (χ1n) is 5.54. The number of nitrogens with zero attached hydrogens (tertiary/aromatic N) is 1. The van der Waals surface area contributed by atoms with Gasteiger partial charge in [-0.2, -0.15) is 5.26 Å². The van der Waals surface area contributed by atoms with Crippen molar-refractivity contribution in [2.45, 2.75) is 26.3 Å². The molecule has 1 aromatic carbocycles. The summed E-state index contributed by atoms with van der Waals surface area (Å²) in [6.07, 6.45) is 0.537. The molecule has 0 saturated heterocycles. The topological polar surface area (TPSA) is 52.9 Å². The monoisotopic (exact) mass is 294 g/mol. The van der Waals surface area contributed by atoms with Crippen molar-refractivity contribution in [1.29, 1.82) is 5.26 Å². The molecule has 1 N–H and O–H groups in total. The van der Waals surface area contributed by atoms with E-state index in [0.29, 0.717) is 6.42 Å². The van der Waals surface area contributed by atoms with Gasteiger partial charge in [-0.25, -0.2) is 0 Å². The third kappa shape index (κ3) is 3.86. The van der Waals surface area contributed by atoms with Gasteiger partial charge in [-0.05, 0) is 31.0 Å². The second kappa shape index (κ2) is 6.41. The van der Waals surface area contributed by atoms with Crippen LogP contribution in [-0.4, -0.2) is 5.91 Å². The second-order valence-corrected chi connectivity index (χ2v) is 4.79. The van der Waals surface area contributed by atoms with Crippen molar-refractivity contribution < 1.29 is 4.79 Å². The largest absolute Gasteiger partial charge is 0.348 e. The summed E-state index contributed by atoms with van der Waals surface area (Å²) in [5.74, 6) is -0.765. The number of hydrogen-bond acceptors (Lipinski definition) is 2. The third-order valence-corrected chi connectivity index (χ3v) is 3.14. The lowest BCUT2D eigenvalue weighted by atomic mass is 10.1. The number of benzene rings is 1. The lowest BCUT2D eigenvalue weighted by molar-refractivity contribution is -0.124. The van der Waals surface area contributed by atoms with E-state index in [1.807, 2.05) is 44.2 Å². The Morgan fingerprint density at radius 1 is 1.47 bits per heavy atom. The Hall–Kier alpha value is -1.34. The number of amides is 1. The van der Waals surface area contributed by atoms with Crippen LogP contribution in [0.5, 0.6) is 0 Å². The lowest BCUT2D eigenvalue weighted by Gasteiger charge is -2.16. The van der Waals surface area contributed by atoms with E-state index in [1.165, 1.54) is 0 Å². The molecule has 1 unspecified atom stereocenters. The van der Waals surface area contributed by atoms with E-state index in [-0.39, 0.29) is 11.9 Å². The van der Waals surface area contributed by atoms with Gasteiger partial charge in [-0.1, -0.05) is 35.0 Å². The maximum Gasteiger partial charge on any atom is 0.237 e. The molecule has 90 valence electrons. The van der Waals surface area contributed by atoms with Crippen molar-refractivity contribution >= 4 is 21.8 Å². The molecule has 0 aliphatic carbocycles. The first kappa shape index (κ1) is 13.7. The van der Waals surface area contributed by atoms with E-state index >= 15 is 0 Å². The molecule has 0 aliphatic rings. The van der Waals surface area contributed by atoms with Crippen LogP contribution in [0.4, 0.5) is 0 Å². The molecular formula is C13H15BrN2O. The van der Waals surface area contributed by atoms with Gasteiger partial charge >= 0.3 is 0 Å². The van der Waals surface area contributed by atoms with Gasteiger partial charge in [0.05, 0.1) is 12.1 Å². The maximum absolute atomic E-state index is 11.7. The first-order chi connectivity index (χ1) is 8.08. The van der Waals surface area contributed by atoms with E-state index in [2.05, 4.69) is 21.2 Å². The van der Waals surface area contributed by atoms with E-state index in [0.717, 1.165) is 10.0 Å². The Balaban J connectivity index is 2.66. The Labute approximate surface area is 110 Å². The summed E-state index contributed by atoms with van der Waals surface area (Å²) in [6.45, 7) is 3.74. The highest BCUT2D eigenvalue weighted by molar-refractivity contribution is 9.10. The molecule has 4 heteroatoms. The summed E-state index contributed by atoms with van der Waals surface area (Å²) < 4.78 is 1.00. The molecule has 0 fully saturated rings. The number of nitriles is 1. The van der Waals surface area contributed by atoms with Crippen LogP contribution in [0.2, 0.25) is 0 Å². The quantitative estimate of drug-likeness (QED) is 0.927. The highest BCUT2D eigenvalue weighted by Crippen LogP contribution is 2.17. The summed E-state index contributed by atoms with van der Waals surface area (Å²) in [5.41, 5.74) is 1.02. The minimum absolute atomic E-state index is 0.0852. The summed E-state index contributed by atoms with van der Waals surface area (Å²) in [4.78, 5) is 11.7. The SMILES string of the molecule is CCC(C#N)C(=O)N[C@@H](C)c1ccc(Br)cc1. The average Bonchev–Trinajstić information content (AvgIpc) is 2.31. The molecule has 1 amide bonds.